The Morgan fingerprint density at radius 2 is 2.11 bits per heavy atom. The van der Waals surface area contributed by atoms with Gasteiger partial charge in [0.1, 0.15) is 5.75 Å². The predicted molar refractivity (Wildman–Crippen MR) is 105 cm³/mol. The predicted octanol–water partition coefficient (Wildman–Crippen LogP) is 2.17. The number of Topliss-reactive ketones (excluding diaryl/α,β-unsaturated/α-hetero) is 1. The summed E-state index contributed by atoms with van der Waals surface area (Å²) in [5.41, 5.74) is 6.69. The summed E-state index contributed by atoms with van der Waals surface area (Å²) >= 11 is 0. The molecule has 0 radical (unpaired) electrons. The number of fused-ring (bicyclic) bond motifs is 1. The highest BCUT2D eigenvalue weighted by Gasteiger charge is 2.63. The van der Waals surface area contributed by atoms with E-state index in [4.69, 9.17) is 10.5 Å². The van der Waals surface area contributed by atoms with Crippen LogP contribution < -0.4 is 10.5 Å². The molecule has 1 heterocycles. The van der Waals surface area contributed by atoms with E-state index in [1.165, 1.54) is 12.8 Å². The quantitative estimate of drug-likeness (QED) is 0.847. The smallest absolute Gasteiger partial charge is 0.150 e. The average molecular weight is 373 g/mol. The van der Waals surface area contributed by atoms with E-state index < -0.39 is 17.1 Å². The summed E-state index contributed by atoms with van der Waals surface area (Å²) in [6, 6.07) is 5.38. The minimum atomic E-state index is -1.02. The largest absolute Gasteiger partial charge is 0.497 e. The van der Waals surface area contributed by atoms with Crippen molar-refractivity contribution in [2.45, 2.75) is 69.1 Å². The van der Waals surface area contributed by atoms with Crippen LogP contribution in [0.3, 0.4) is 0 Å². The van der Waals surface area contributed by atoms with E-state index in [2.05, 4.69) is 18.7 Å². The van der Waals surface area contributed by atoms with Gasteiger partial charge in [-0.3, -0.25) is 9.69 Å². The first-order chi connectivity index (χ1) is 12.8. The zero-order valence-corrected chi connectivity index (χ0v) is 16.7. The lowest BCUT2D eigenvalue weighted by atomic mass is 9.52. The molecule has 5 nitrogen and oxygen atoms in total. The second kappa shape index (κ2) is 6.57. The number of hydrogen-bond acceptors (Lipinski definition) is 5. The van der Waals surface area contributed by atoms with Gasteiger partial charge in [0.05, 0.1) is 18.8 Å². The number of rotatable bonds is 4. The molecule has 0 spiro atoms. The SMILES string of the molecule is COc1ccc(C)c([C@]23CCN(CC4CC4)[C@H](C)[C@]2(O)C[C@H](N)C(=O)C3)c1. The fourth-order valence-corrected chi connectivity index (χ4v) is 5.52. The van der Waals surface area contributed by atoms with Gasteiger partial charge in [-0.15, -0.1) is 0 Å². The molecule has 0 amide bonds. The van der Waals surface area contributed by atoms with Gasteiger partial charge in [0.15, 0.2) is 5.78 Å². The van der Waals surface area contributed by atoms with Gasteiger partial charge < -0.3 is 15.6 Å². The molecule has 3 aliphatic rings. The fraction of sp³-hybridized carbons (Fsp3) is 0.682. The number of nitrogens with two attached hydrogens (primary N) is 1. The van der Waals surface area contributed by atoms with Crippen LogP contribution in [0.1, 0.15) is 50.2 Å². The highest BCUT2D eigenvalue weighted by molar-refractivity contribution is 5.87. The van der Waals surface area contributed by atoms with Gasteiger partial charge in [-0.25, -0.2) is 0 Å². The first-order valence-corrected chi connectivity index (χ1v) is 10.2. The minimum absolute atomic E-state index is 0.0309. The maximum absolute atomic E-state index is 12.7. The highest BCUT2D eigenvalue weighted by Crippen LogP contribution is 2.54. The number of ether oxygens (including phenoxy) is 1. The molecule has 4 atom stereocenters. The third-order valence-electron chi connectivity index (χ3n) is 7.46. The van der Waals surface area contributed by atoms with E-state index in [9.17, 15) is 9.90 Å². The molecule has 2 aliphatic carbocycles. The van der Waals surface area contributed by atoms with E-state index in [0.717, 1.165) is 42.3 Å². The number of aryl methyl sites for hydroxylation is 1. The first kappa shape index (κ1) is 18.9. The maximum Gasteiger partial charge on any atom is 0.150 e. The molecule has 1 aromatic carbocycles. The molecule has 3 fully saturated rings. The third-order valence-corrected chi connectivity index (χ3v) is 7.46. The van der Waals surface area contributed by atoms with Crippen molar-refractivity contribution in [3.63, 3.8) is 0 Å². The minimum Gasteiger partial charge on any atom is -0.497 e. The Balaban J connectivity index is 1.81. The van der Waals surface area contributed by atoms with E-state index >= 15 is 0 Å². The van der Waals surface area contributed by atoms with Crippen LogP contribution in [0.2, 0.25) is 0 Å². The summed E-state index contributed by atoms with van der Waals surface area (Å²) < 4.78 is 5.47. The van der Waals surface area contributed by atoms with Crippen LogP contribution in [-0.2, 0) is 10.2 Å². The lowest BCUT2D eigenvalue weighted by Crippen LogP contribution is -2.72. The Labute approximate surface area is 161 Å². The third kappa shape index (κ3) is 2.91. The van der Waals surface area contributed by atoms with Crippen molar-refractivity contribution in [1.29, 1.82) is 0 Å². The second-order valence-electron chi connectivity index (χ2n) is 9.01. The average Bonchev–Trinajstić information content (AvgIpc) is 3.45. The molecule has 2 saturated carbocycles. The number of carbonyl (C=O) groups excluding carboxylic acids is 1. The van der Waals surface area contributed by atoms with Crippen LogP contribution in [0.5, 0.6) is 5.75 Å². The number of nitrogens with zero attached hydrogens (tertiary/aromatic N) is 1. The molecular weight excluding hydrogens is 340 g/mol. The fourth-order valence-electron chi connectivity index (χ4n) is 5.52. The zero-order valence-electron chi connectivity index (χ0n) is 16.7. The Morgan fingerprint density at radius 1 is 1.37 bits per heavy atom. The molecule has 0 unspecified atom stereocenters. The summed E-state index contributed by atoms with van der Waals surface area (Å²) in [4.78, 5) is 15.2. The summed E-state index contributed by atoms with van der Waals surface area (Å²) in [6.07, 6.45) is 3.98. The molecule has 1 aliphatic heterocycles. The molecule has 148 valence electrons. The van der Waals surface area contributed by atoms with Crippen molar-refractivity contribution in [3.05, 3.63) is 29.3 Å². The van der Waals surface area contributed by atoms with E-state index in [1.54, 1.807) is 7.11 Å². The Kier molecular flexibility index (Phi) is 4.60. The summed E-state index contributed by atoms with van der Waals surface area (Å²) in [7, 11) is 1.65. The van der Waals surface area contributed by atoms with Crippen LogP contribution >= 0.6 is 0 Å². The number of piperidine rings is 1. The van der Waals surface area contributed by atoms with Gasteiger partial charge in [-0.05, 0) is 68.8 Å². The number of benzene rings is 1. The summed E-state index contributed by atoms with van der Waals surface area (Å²) in [5, 5.41) is 12.1. The first-order valence-electron chi connectivity index (χ1n) is 10.2. The van der Waals surface area contributed by atoms with Gasteiger partial charge >= 0.3 is 0 Å². The lowest BCUT2D eigenvalue weighted by molar-refractivity contribution is -0.167. The van der Waals surface area contributed by atoms with Gasteiger partial charge in [0, 0.05) is 30.8 Å². The maximum atomic E-state index is 12.7. The standard InChI is InChI=1S/C22H32N2O3/c1-14-4-7-17(27-3)10-18(14)21-8-9-24(13-16-5-6-16)15(2)22(21,26)11-19(23)20(25)12-21/h4,7,10,15-16,19,26H,5-6,8-9,11-13,23H2,1-3H3/t15-,19+,21-,22-/m1/s1. The highest BCUT2D eigenvalue weighted by atomic mass is 16.5. The Hall–Kier alpha value is -1.43. The summed E-state index contributed by atoms with van der Waals surface area (Å²) in [6.45, 7) is 6.12. The van der Waals surface area contributed by atoms with Gasteiger partial charge in [-0.1, -0.05) is 6.07 Å². The van der Waals surface area contributed by atoms with Crippen molar-refractivity contribution in [1.82, 2.24) is 4.90 Å². The van der Waals surface area contributed by atoms with Crippen LogP contribution in [0.15, 0.2) is 18.2 Å². The zero-order chi connectivity index (χ0) is 19.4. The molecule has 3 N–H and O–H groups in total. The normalized spacial score (nSPS) is 37.1. The number of ketones is 1. The van der Waals surface area contributed by atoms with E-state index in [-0.39, 0.29) is 11.8 Å². The number of carbonyl (C=O) groups is 1. The van der Waals surface area contributed by atoms with Crippen LogP contribution in [0, 0.1) is 12.8 Å². The van der Waals surface area contributed by atoms with Gasteiger partial charge in [-0.2, -0.15) is 0 Å². The number of hydrogen-bond donors (Lipinski definition) is 2. The number of methoxy groups -OCH3 is 1. The molecule has 4 rings (SSSR count). The molecule has 1 aromatic rings. The van der Waals surface area contributed by atoms with Crippen molar-refractivity contribution in [3.8, 4) is 5.75 Å². The van der Waals surface area contributed by atoms with E-state index in [1.807, 2.05) is 18.2 Å². The molecule has 5 heteroatoms. The van der Waals surface area contributed by atoms with Crippen molar-refractivity contribution < 1.29 is 14.6 Å². The lowest BCUT2D eigenvalue weighted by Gasteiger charge is -2.60. The van der Waals surface area contributed by atoms with Gasteiger partial charge in [0.2, 0.25) is 0 Å². The molecule has 0 bridgehead atoms. The number of aliphatic hydroxyl groups is 1. The monoisotopic (exact) mass is 372 g/mol. The van der Waals surface area contributed by atoms with Crippen molar-refractivity contribution in [2.24, 2.45) is 11.7 Å². The van der Waals surface area contributed by atoms with Crippen molar-refractivity contribution >= 4 is 5.78 Å². The second-order valence-corrected chi connectivity index (χ2v) is 9.01. The molecule has 27 heavy (non-hydrogen) atoms. The molecular formula is C22H32N2O3. The number of likely N-dealkylation sites (tertiary alicyclic amines) is 1. The van der Waals surface area contributed by atoms with E-state index in [0.29, 0.717) is 12.8 Å². The molecule has 1 saturated heterocycles. The van der Waals surface area contributed by atoms with Crippen LogP contribution in [0.4, 0.5) is 0 Å². The molecule has 0 aromatic heterocycles. The van der Waals surface area contributed by atoms with Gasteiger partial charge in [0.25, 0.3) is 0 Å². The summed E-state index contributed by atoms with van der Waals surface area (Å²) in [5.74, 6) is 1.59. The van der Waals surface area contributed by atoms with Crippen molar-refractivity contribution in [2.75, 3.05) is 20.2 Å². The Bertz CT molecular complexity index is 747. The topological polar surface area (TPSA) is 75.8 Å². The van der Waals surface area contributed by atoms with Crippen LogP contribution in [0.25, 0.3) is 0 Å². The Morgan fingerprint density at radius 3 is 2.78 bits per heavy atom. The van der Waals surface area contributed by atoms with Crippen LogP contribution in [-0.4, -0.2) is 53.7 Å².